The Morgan fingerprint density at radius 3 is 2.58 bits per heavy atom. The van der Waals surface area contributed by atoms with E-state index in [9.17, 15) is 9.59 Å². The highest BCUT2D eigenvalue weighted by molar-refractivity contribution is 6.01. The Bertz CT molecular complexity index is 773. The lowest BCUT2D eigenvalue weighted by molar-refractivity contribution is -0.142. The van der Waals surface area contributed by atoms with Crippen LogP contribution in [0.2, 0.25) is 0 Å². The zero-order chi connectivity index (χ0) is 18.9. The van der Waals surface area contributed by atoms with Crippen LogP contribution in [0.5, 0.6) is 11.5 Å². The zero-order valence-corrected chi connectivity index (χ0v) is 15.2. The molecule has 0 fully saturated rings. The van der Waals surface area contributed by atoms with Gasteiger partial charge in [0.1, 0.15) is 24.5 Å². The van der Waals surface area contributed by atoms with Gasteiger partial charge in [0.05, 0.1) is 14.2 Å². The quantitative estimate of drug-likeness (QED) is 0.579. The topological polar surface area (TPSA) is 73.9 Å². The first-order valence-corrected chi connectivity index (χ1v) is 8.31. The van der Waals surface area contributed by atoms with Crippen LogP contribution in [0, 0.1) is 0 Å². The van der Waals surface area contributed by atoms with Gasteiger partial charge in [-0.25, -0.2) is 0 Å². The van der Waals surface area contributed by atoms with Crippen LogP contribution >= 0.6 is 0 Å². The summed E-state index contributed by atoms with van der Waals surface area (Å²) < 4.78 is 15.7. The molecular weight excluding hydrogens is 334 g/mol. The zero-order valence-electron chi connectivity index (χ0n) is 15.2. The molecule has 2 aromatic carbocycles. The van der Waals surface area contributed by atoms with Gasteiger partial charge in [0.2, 0.25) is 5.91 Å². The molecule has 6 nitrogen and oxygen atoms in total. The first-order chi connectivity index (χ1) is 12.5. The molecule has 0 aliphatic heterocycles. The third-order valence-corrected chi connectivity index (χ3v) is 3.79. The molecule has 26 heavy (non-hydrogen) atoms. The van der Waals surface area contributed by atoms with Gasteiger partial charge in [0.15, 0.2) is 0 Å². The number of methoxy groups -OCH3 is 2. The summed E-state index contributed by atoms with van der Waals surface area (Å²) in [5.41, 5.74) is 2.61. The van der Waals surface area contributed by atoms with Crippen molar-refractivity contribution in [3.8, 4) is 11.5 Å². The molecule has 0 unspecified atom stereocenters. The van der Waals surface area contributed by atoms with Crippen molar-refractivity contribution in [3.63, 3.8) is 0 Å². The Hall–Kier alpha value is -3.02. The van der Waals surface area contributed by atoms with Crippen LogP contribution < -0.4 is 14.8 Å². The largest absolute Gasteiger partial charge is 0.496 e. The molecule has 0 spiro atoms. The van der Waals surface area contributed by atoms with E-state index in [4.69, 9.17) is 9.47 Å². The number of aryl methyl sites for hydroxylation is 1. The van der Waals surface area contributed by atoms with Crippen LogP contribution in [0.1, 0.15) is 24.5 Å². The minimum Gasteiger partial charge on any atom is -0.496 e. The number of nitrogens with one attached hydrogen (secondary N) is 1. The number of hydrogen-bond donors (Lipinski definition) is 1. The lowest BCUT2D eigenvalue weighted by atomic mass is 10.1. The maximum atomic E-state index is 11.7. The molecule has 1 amide bonds. The Balaban J connectivity index is 1.98. The molecule has 0 heterocycles. The highest BCUT2D eigenvalue weighted by atomic mass is 16.5. The van der Waals surface area contributed by atoms with Gasteiger partial charge in [-0.3, -0.25) is 9.59 Å². The first-order valence-electron chi connectivity index (χ1n) is 8.31. The Labute approximate surface area is 153 Å². The Kier molecular flexibility index (Phi) is 7.02. The minimum absolute atomic E-state index is 0.319. The van der Waals surface area contributed by atoms with Gasteiger partial charge in [-0.2, -0.15) is 0 Å². The van der Waals surface area contributed by atoms with Crippen LogP contribution in [0.4, 0.5) is 5.69 Å². The molecule has 0 aliphatic rings. The number of esters is 1. The molecular formula is C20H23NO5. The van der Waals surface area contributed by atoms with Gasteiger partial charge < -0.3 is 19.5 Å². The molecule has 0 radical (unpaired) electrons. The lowest BCUT2D eigenvalue weighted by Gasteiger charge is -2.12. The fraction of sp³-hybridized carbons (Fsp3) is 0.300. The Morgan fingerprint density at radius 2 is 1.88 bits per heavy atom. The Morgan fingerprint density at radius 1 is 1.08 bits per heavy atom. The molecule has 138 valence electrons. The molecule has 0 aliphatic carbocycles. The second kappa shape index (κ2) is 9.46. The SMILES string of the molecule is CCc1ccc(OCc2cccc(NC(=O)CC(=O)OC)c2)cc1OC. The normalized spacial score (nSPS) is 10.1. The predicted octanol–water partition coefficient (Wildman–Crippen LogP) is 3.34. The van der Waals surface area contributed by atoms with Crippen LogP contribution in [0.25, 0.3) is 0 Å². The van der Waals surface area contributed by atoms with Crippen molar-refractivity contribution in [2.24, 2.45) is 0 Å². The molecule has 2 rings (SSSR count). The molecule has 6 heteroatoms. The summed E-state index contributed by atoms with van der Waals surface area (Å²) in [6.45, 7) is 2.41. The second-order valence-electron chi connectivity index (χ2n) is 5.62. The molecule has 2 aromatic rings. The van der Waals surface area contributed by atoms with E-state index in [0.29, 0.717) is 18.0 Å². The van der Waals surface area contributed by atoms with Gasteiger partial charge in [0, 0.05) is 11.8 Å². The number of benzene rings is 2. The summed E-state index contributed by atoms with van der Waals surface area (Å²) in [5, 5.41) is 2.66. The van der Waals surface area contributed by atoms with Crippen LogP contribution in [-0.4, -0.2) is 26.1 Å². The van der Waals surface area contributed by atoms with Crippen molar-refractivity contribution >= 4 is 17.6 Å². The fourth-order valence-electron chi connectivity index (χ4n) is 2.42. The number of carbonyl (C=O) groups excluding carboxylic acids is 2. The summed E-state index contributed by atoms with van der Waals surface area (Å²) in [7, 11) is 2.88. The lowest BCUT2D eigenvalue weighted by Crippen LogP contribution is -2.17. The maximum Gasteiger partial charge on any atom is 0.315 e. The van der Waals surface area contributed by atoms with Gasteiger partial charge in [0.25, 0.3) is 0 Å². The minimum atomic E-state index is -0.577. The molecule has 0 atom stereocenters. The van der Waals surface area contributed by atoms with Gasteiger partial charge in [-0.15, -0.1) is 0 Å². The van der Waals surface area contributed by atoms with Crippen molar-refractivity contribution < 1.29 is 23.8 Å². The summed E-state index contributed by atoms with van der Waals surface area (Å²) >= 11 is 0. The average Bonchev–Trinajstić information content (AvgIpc) is 2.66. The third-order valence-electron chi connectivity index (χ3n) is 3.79. The van der Waals surface area contributed by atoms with Gasteiger partial charge in [-0.05, 0) is 35.7 Å². The van der Waals surface area contributed by atoms with Crippen LogP contribution in [0.15, 0.2) is 42.5 Å². The van der Waals surface area contributed by atoms with Crippen LogP contribution in [-0.2, 0) is 27.4 Å². The second-order valence-corrected chi connectivity index (χ2v) is 5.62. The van der Waals surface area contributed by atoms with E-state index < -0.39 is 11.9 Å². The van der Waals surface area contributed by atoms with Crippen molar-refractivity contribution in [2.75, 3.05) is 19.5 Å². The van der Waals surface area contributed by atoms with E-state index in [-0.39, 0.29) is 6.42 Å². The number of ether oxygens (including phenoxy) is 3. The smallest absolute Gasteiger partial charge is 0.315 e. The van der Waals surface area contributed by atoms with E-state index in [1.165, 1.54) is 7.11 Å². The summed E-state index contributed by atoms with van der Waals surface area (Å²) in [6.07, 6.45) is 0.567. The fourth-order valence-corrected chi connectivity index (χ4v) is 2.42. The standard InChI is InChI=1S/C20H23NO5/c1-4-15-8-9-17(11-18(15)24-2)26-13-14-6-5-7-16(10-14)21-19(22)12-20(23)25-3/h5-11H,4,12-13H2,1-3H3,(H,21,22). The summed E-state index contributed by atoms with van der Waals surface area (Å²) in [4.78, 5) is 22.9. The average molecular weight is 357 g/mol. The first kappa shape index (κ1) is 19.3. The number of hydrogen-bond acceptors (Lipinski definition) is 5. The van der Waals surface area contributed by atoms with E-state index in [0.717, 1.165) is 23.3 Å². The molecule has 0 saturated heterocycles. The van der Waals surface area contributed by atoms with Crippen molar-refractivity contribution in [1.29, 1.82) is 0 Å². The molecule has 0 saturated carbocycles. The van der Waals surface area contributed by atoms with Crippen LogP contribution in [0.3, 0.4) is 0 Å². The maximum absolute atomic E-state index is 11.7. The molecule has 0 bridgehead atoms. The van der Waals surface area contributed by atoms with Crippen molar-refractivity contribution in [1.82, 2.24) is 0 Å². The van der Waals surface area contributed by atoms with E-state index in [1.54, 1.807) is 19.2 Å². The summed E-state index contributed by atoms with van der Waals surface area (Å²) in [5.74, 6) is 0.509. The van der Waals surface area contributed by atoms with Gasteiger partial charge in [-0.1, -0.05) is 25.1 Å². The van der Waals surface area contributed by atoms with E-state index >= 15 is 0 Å². The highest BCUT2D eigenvalue weighted by Crippen LogP contribution is 2.25. The molecule has 1 N–H and O–H groups in total. The van der Waals surface area contributed by atoms with Crippen molar-refractivity contribution in [2.45, 2.75) is 26.4 Å². The number of rotatable bonds is 8. The number of anilines is 1. The van der Waals surface area contributed by atoms with E-state index in [2.05, 4.69) is 17.0 Å². The predicted molar refractivity (Wildman–Crippen MR) is 98.4 cm³/mol. The van der Waals surface area contributed by atoms with E-state index in [1.807, 2.05) is 30.3 Å². The van der Waals surface area contributed by atoms with Gasteiger partial charge >= 0.3 is 5.97 Å². The molecule has 0 aromatic heterocycles. The number of carbonyl (C=O) groups is 2. The number of amides is 1. The summed E-state index contributed by atoms with van der Waals surface area (Å²) in [6, 6.07) is 13.0. The monoisotopic (exact) mass is 357 g/mol. The third kappa shape index (κ3) is 5.51. The highest BCUT2D eigenvalue weighted by Gasteiger charge is 2.10. The van der Waals surface area contributed by atoms with Crippen molar-refractivity contribution in [3.05, 3.63) is 53.6 Å².